The molecule has 1 heterocycles. The number of carboxylic acid groups (broad SMARTS) is 1. The van der Waals surface area contributed by atoms with Crippen LogP contribution in [0.25, 0.3) is 0 Å². The Balaban J connectivity index is 1.46. The van der Waals surface area contributed by atoms with Gasteiger partial charge < -0.3 is 24.6 Å². The number of rotatable bonds is 10. The zero-order chi connectivity index (χ0) is 30.6. The molecule has 0 saturated heterocycles. The maximum atomic E-state index is 13.7. The SMILES string of the molecule is COc1ccc(C2(C(=O)Nc3ccc(OC(c4ccc(F)cc4)c4ccc(Cl)cc4)c(C(=O)O)c3)C=CC=N2)cc1OC. The highest BCUT2D eigenvalue weighted by Gasteiger charge is 2.39. The summed E-state index contributed by atoms with van der Waals surface area (Å²) >= 11 is 6.07. The Morgan fingerprint density at radius 3 is 2.14 bits per heavy atom. The second-order valence-corrected chi connectivity index (χ2v) is 9.98. The van der Waals surface area contributed by atoms with Gasteiger partial charge in [-0.3, -0.25) is 9.79 Å². The molecule has 0 bridgehead atoms. The van der Waals surface area contributed by atoms with Crippen LogP contribution in [0, 0.1) is 5.82 Å². The Morgan fingerprint density at radius 2 is 1.53 bits per heavy atom. The van der Waals surface area contributed by atoms with E-state index in [2.05, 4.69) is 10.3 Å². The first-order valence-electron chi connectivity index (χ1n) is 13.1. The van der Waals surface area contributed by atoms with Gasteiger partial charge in [0.15, 0.2) is 17.0 Å². The molecule has 2 unspecified atom stereocenters. The number of carboxylic acids is 1. The number of allylic oxidation sites excluding steroid dienone is 1. The Hall–Kier alpha value is -5.15. The van der Waals surface area contributed by atoms with Gasteiger partial charge in [-0.2, -0.15) is 0 Å². The van der Waals surface area contributed by atoms with Crippen molar-refractivity contribution < 1.29 is 33.3 Å². The van der Waals surface area contributed by atoms with Crippen LogP contribution in [0.4, 0.5) is 10.1 Å². The summed E-state index contributed by atoms with van der Waals surface area (Å²) in [6.45, 7) is 0. The predicted octanol–water partition coefficient (Wildman–Crippen LogP) is 6.84. The van der Waals surface area contributed by atoms with Crippen LogP contribution in [0.2, 0.25) is 5.02 Å². The van der Waals surface area contributed by atoms with E-state index >= 15 is 0 Å². The van der Waals surface area contributed by atoms with E-state index in [9.17, 15) is 19.1 Å². The molecule has 0 saturated carbocycles. The number of anilines is 1. The minimum Gasteiger partial charge on any atom is -0.493 e. The normalized spacial score (nSPS) is 16.0. The van der Waals surface area contributed by atoms with Crippen molar-refractivity contribution in [3.8, 4) is 17.2 Å². The van der Waals surface area contributed by atoms with Crippen molar-refractivity contribution in [3.63, 3.8) is 0 Å². The number of carbonyl (C=O) groups excluding carboxylic acids is 1. The highest BCUT2D eigenvalue weighted by atomic mass is 35.5. The second kappa shape index (κ2) is 12.4. The summed E-state index contributed by atoms with van der Waals surface area (Å²) < 4.78 is 30.6. The molecule has 10 heteroatoms. The summed E-state index contributed by atoms with van der Waals surface area (Å²) in [6.07, 6.45) is 4.03. The maximum Gasteiger partial charge on any atom is 0.339 e. The number of aromatic carboxylic acids is 1. The van der Waals surface area contributed by atoms with E-state index in [1.807, 2.05) is 0 Å². The number of benzene rings is 4. The maximum absolute atomic E-state index is 13.7. The fourth-order valence-corrected chi connectivity index (χ4v) is 4.86. The zero-order valence-electron chi connectivity index (χ0n) is 23.1. The molecule has 5 rings (SSSR count). The zero-order valence-corrected chi connectivity index (χ0v) is 23.8. The number of nitrogens with zero attached hydrogens (tertiary/aromatic N) is 1. The van der Waals surface area contributed by atoms with E-state index in [0.717, 1.165) is 0 Å². The van der Waals surface area contributed by atoms with Crippen molar-refractivity contribution in [1.29, 1.82) is 0 Å². The lowest BCUT2D eigenvalue weighted by atomic mass is 9.89. The van der Waals surface area contributed by atoms with Gasteiger partial charge in [0.25, 0.3) is 5.91 Å². The molecule has 2 atom stereocenters. The van der Waals surface area contributed by atoms with E-state index in [0.29, 0.717) is 33.2 Å². The first kappa shape index (κ1) is 29.3. The average Bonchev–Trinajstić information content (AvgIpc) is 3.52. The number of halogens is 2. The van der Waals surface area contributed by atoms with Crippen LogP contribution in [0.1, 0.15) is 33.2 Å². The monoisotopic (exact) mass is 600 g/mol. The first-order valence-corrected chi connectivity index (χ1v) is 13.4. The number of hydrogen-bond donors (Lipinski definition) is 2. The Kier molecular flexibility index (Phi) is 8.45. The van der Waals surface area contributed by atoms with Crippen molar-refractivity contribution in [2.45, 2.75) is 11.6 Å². The van der Waals surface area contributed by atoms with Crippen LogP contribution in [-0.2, 0) is 10.3 Å². The fourth-order valence-electron chi connectivity index (χ4n) is 4.73. The molecule has 4 aromatic carbocycles. The van der Waals surface area contributed by atoms with E-state index in [1.54, 1.807) is 66.7 Å². The largest absolute Gasteiger partial charge is 0.493 e. The van der Waals surface area contributed by atoms with E-state index < -0.39 is 29.3 Å². The molecule has 0 spiro atoms. The molecule has 0 fully saturated rings. The van der Waals surface area contributed by atoms with Gasteiger partial charge in [0.05, 0.1) is 14.2 Å². The van der Waals surface area contributed by atoms with Crippen molar-refractivity contribution in [1.82, 2.24) is 0 Å². The van der Waals surface area contributed by atoms with Crippen LogP contribution in [0.5, 0.6) is 17.2 Å². The first-order chi connectivity index (χ1) is 20.7. The van der Waals surface area contributed by atoms with Gasteiger partial charge in [-0.1, -0.05) is 41.9 Å². The Morgan fingerprint density at radius 1 is 0.884 bits per heavy atom. The van der Waals surface area contributed by atoms with Crippen molar-refractivity contribution in [3.05, 3.63) is 130 Å². The molecule has 0 aromatic heterocycles. The summed E-state index contributed by atoms with van der Waals surface area (Å²) in [5.41, 5.74) is 0.406. The smallest absolute Gasteiger partial charge is 0.339 e. The van der Waals surface area contributed by atoms with Crippen LogP contribution >= 0.6 is 11.6 Å². The van der Waals surface area contributed by atoms with Gasteiger partial charge in [0.1, 0.15) is 23.2 Å². The molecule has 1 aliphatic heterocycles. The lowest BCUT2D eigenvalue weighted by Crippen LogP contribution is -2.36. The number of nitrogens with one attached hydrogen (secondary N) is 1. The number of carbonyl (C=O) groups is 2. The predicted molar refractivity (Wildman–Crippen MR) is 161 cm³/mol. The van der Waals surface area contributed by atoms with Crippen molar-refractivity contribution in [2.24, 2.45) is 4.99 Å². The number of aliphatic imine (C=N–C) groups is 1. The van der Waals surface area contributed by atoms with Gasteiger partial charge >= 0.3 is 5.97 Å². The summed E-state index contributed by atoms with van der Waals surface area (Å²) in [6, 6.07) is 21.9. The molecule has 1 aliphatic rings. The molecule has 0 radical (unpaired) electrons. The number of amides is 1. The van der Waals surface area contributed by atoms with E-state index in [4.69, 9.17) is 25.8 Å². The molecule has 218 valence electrons. The highest BCUT2D eigenvalue weighted by Crippen LogP contribution is 2.38. The fraction of sp³-hybridized carbons (Fsp3) is 0.121. The lowest BCUT2D eigenvalue weighted by molar-refractivity contribution is -0.119. The van der Waals surface area contributed by atoms with Crippen molar-refractivity contribution >= 4 is 35.4 Å². The molecule has 1 amide bonds. The molecule has 43 heavy (non-hydrogen) atoms. The van der Waals surface area contributed by atoms with Crippen LogP contribution < -0.4 is 19.5 Å². The van der Waals surface area contributed by atoms with Gasteiger partial charge in [0.2, 0.25) is 0 Å². The lowest BCUT2D eigenvalue weighted by Gasteiger charge is -2.25. The third-order valence-corrected chi connectivity index (χ3v) is 7.18. The topological polar surface area (TPSA) is 106 Å². The second-order valence-electron chi connectivity index (χ2n) is 9.54. The Bertz CT molecular complexity index is 1660. The van der Waals surface area contributed by atoms with Crippen LogP contribution in [-0.4, -0.2) is 37.4 Å². The third kappa shape index (κ3) is 6.07. The third-order valence-electron chi connectivity index (χ3n) is 6.93. The summed E-state index contributed by atoms with van der Waals surface area (Å²) in [4.78, 5) is 30.5. The highest BCUT2D eigenvalue weighted by molar-refractivity contribution is 6.30. The van der Waals surface area contributed by atoms with Crippen LogP contribution in [0.3, 0.4) is 0 Å². The number of ether oxygens (including phenoxy) is 3. The van der Waals surface area contributed by atoms with Crippen LogP contribution in [0.15, 0.2) is 102 Å². The summed E-state index contributed by atoms with van der Waals surface area (Å²) in [7, 11) is 3.01. The van der Waals surface area contributed by atoms with E-state index in [-0.39, 0.29) is 17.0 Å². The minimum absolute atomic E-state index is 0.0446. The quantitative estimate of drug-likeness (QED) is 0.206. The minimum atomic E-state index is -1.42. The van der Waals surface area contributed by atoms with Gasteiger partial charge in [-0.25, -0.2) is 9.18 Å². The van der Waals surface area contributed by atoms with Gasteiger partial charge in [0, 0.05) is 16.9 Å². The standard InChI is InChI=1S/C33H26ClFN2O6/c1-41-28-14-8-22(18-29(28)42-2)33(16-3-17-36-33)32(40)37-25-13-15-27(26(19-25)31(38)39)43-30(20-4-9-23(34)10-5-20)21-6-11-24(35)12-7-21/h3-19,30H,1-2H3,(H,37,40)(H,38,39). The number of hydrogen-bond acceptors (Lipinski definition) is 6. The van der Waals surface area contributed by atoms with Gasteiger partial charge in [-0.05, 0) is 83.4 Å². The molecular weight excluding hydrogens is 575 g/mol. The van der Waals surface area contributed by atoms with E-state index in [1.165, 1.54) is 50.8 Å². The summed E-state index contributed by atoms with van der Waals surface area (Å²) in [5.74, 6) is -1.24. The Labute approximate surface area is 252 Å². The van der Waals surface area contributed by atoms with Crippen molar-refractivity contribution in [2.75, 3.05) is 19.5 Å². The summed E-state index contributed by atoms with van der Waals surface area (Å²) in [5, 5.41) is 13.4. The molecule has 2 N–H and O–H groups in total. The number of methoxy groups -OCH3 is 2. The molecule has 4 aromatic rings. The molecule has 0 aliphatic carbocycles. The average molecular weight is 601 g/mol. The molecular formula is C33H26ClFN2O6. The van der Waals surface area contributed by atoms with Gasteiger partial charge in [-0.15, -0.1) is 0 Å². The molecule has 8 nitrogen and oxygen atoms in total.